The maximum Gasteiger partial charge on any atom is 0.255 e. The predicted molar refractivity (Wildman–Crippen MR) is 147 cm³/mol. The van der Waals surface area contributed by atoms with Crippen LogP contribution in [0.25, 0.3) is 0 Å². The molecule has 8 heteroatoms. The molecule has 0 bridgehead atoms. The van der Waals surface area contributed by atoms with E-state index in [2.05, 4.69) is 31.1 Å². The summed E-state index contributed by atoms with van der Waals surface area (Å²) in [7, 11) is 2.10. The minimum absolute atomic E-state index is 0. The fraction of sp³-hybridized carbons (Fsp3) is 0.481. The van der Waals surface area contributed by atoms with Crippen LogP contribution in [0.2, 0.25) is 0 Å². The average molecular weight is 525 g/mol. The first-order valence-corrected chi connectivity index (χ1v) is 12.1. The van der Waals surface area contributed by atoms with Crippen molar-refractivity contribution in [2.75, 3.05) is 45.2 Å². The number of anilines is 1. The molecule has 2 aromatic carbocycles. The van der Waals surface area contributed by atoms with E-state index in [9.17, 15) is 9.59 Å². The summed E-state index contributed by atoms with van der Waals surface area (Å²) in [4.78, 5) is 29.3. The summed E-state index contributed by atoms with van der Waals surface area (Å²) in [6.07, 6.45) is 4.13. The second-order valence-electron chi connectivity index (χ2n) is 8.75. The van der Waals surface area contributed by atoms with E-state index < -0.39 is 0 Å². The number of likely N-dealkylation sites (N-methyl/N-ethyl adjacent to an activating group) is 1. The van der Waals surface area contributed by atoms with Gasteiger partial charge in [0.05, 0.1) is 12.3 Å². The van der Waals surface area contributed by atoms with Gasteiger partial charge in [-0.25, -0.2) is 0 Å². The van der Waals surface area contributed by atoms with E-state index >= 15 is 0 Å². The molecule has 1 aliphatic rings. The van der Waals surface area contributed by atoms with Gasteiger partial charge in [0.2, 0.25) is 5.91 Å². The number of nitrogens with zero attached hydrogens (tertiary/aromatic N) is 2. The van der Waals surface area contributed by atoms with Gasteiger partial charge < -0.3 is 19.9 Å². The van der Waals surface area contributed by atoms with E-state index in [0.717, 1.165) is 68.7 Å². The van der Waals surface area contributed by atoms with Crippen LogP contribution in [0, 0.1) is 6.92 Å². The van der Waals surface area contributed by atoms with Crippen molar-refractivity contribution in [1.82, 2.24) is 9.80 Å². The number of rotatable bonds is 10. The lowest BCUT2D eigenvalue weighted by molar-refractivity contribution is -0.132. The number of nitrogens with one attached hydrogen (secondary N) is 1. The van der Waals surface area contributed by atoms with E-state index in [4.69, 9.17) is 4.74 Å². The fourth-order valence-electron chi connectivity index (χ4n) is 4.16. The quantitative estimate of drug-likeness (QED) is 0.425. The highest BCUT2D eigenvalue weighted by Gasteiger charge is 2.18. The van der Waals surface area contributed by atoms with Crippen molar-refractivity contribution in [2.24, 2.45) is 0 Å². The molecule has 35 heavy (non-hydrogen) atoms. The molecule has 1 heterocycles. The number of benzene rings is 2. The van der Waals surface area contributed by atoms with Crippen LogP contribution >= 0.6 is 24.8 Å². The molecule has 0 spiro atoms. The molecule has 2 amide bonds. The smallest absolute Gasteiger partial charge is 0.255 e. The minimum atomic E-state index is -0.145. The third-order valence-electron chi connectivity index (χ3n) is 6.27. The second kappa shape index (κ2) is 15.7. The van der Waals surface area contributed by atoms with Gasteiger partial charge in [0.25, 0.3) is 5.91 Å². The summed E-state index contributed by atoms with van der Waals surface area (Å²) in [6.45, 7) is 8.32. The Bertz CT molecular complexity index is 933. The zero-order valence-electron chi connectivity index (χ0n) is 21.0. The van der Waals surface area contributed by atoms with Gasteiger partial charge in [-0.15, -0.1) is 24.8 Å². The SMILES string of the molecule is CCc1c(C)ccc(NC(=O)c2ccccc2)c1OCCCCCC(=O)N1CCN(C)CC1.Cl.Cl. The number of hydrogen-bond acceptors (Lipinski definition) is 4. The van der Waals surface area contributed by atoms with Gasteiger partial charge in [-0.1, -0.05) is 31.2 Å². The lowest BCUT2D eigenvalue weighted by Gasteiger charge is -2.32. The molecular formula is C27H39Cl2N3O3. The maximum atomic E-state index is 12.7. The molecule has 0 atom stereocenters. The molecule has 0 unspecified atom stereocenters. The predicted octanol–water partition coefficient (Wildman–Crippen LogP) is 5.37. The Morgan fingerprint density at radius 1 is 0.943 bits per heavy atom. The Labute approximate surface area is 222 Å². The van der Waals surface area contributed by atoms with Crippen LogP contribution in [0.5, 0.6) is 5.75 Å². The highest BCUT2D eigenvalue weighted by Crippen LogP contribution is 2.33. The van der Waals surface area contributed by atoms with Crippen LogP contribution in [-0.4, -0.2) is 61.4 Å². The van der Waals surface area contributed by atoms with Gasteiger partial charge in [0, 0.05) is 38.2 Å². The standard InChI is InChI=1S/C27H37N3O3.2ClH/c1-4-23-21(2)14-15-24(28-27(32)22-11-7-5-8-12-22)26(23)33-20-10-6-9-13-25(31)30-18-16-29(3)17-19-30;;/h5,7-8,11-12,14-15H,4,6,9-10,13,16-20H2,1-3H3,(H,28,32);2*1H. The van der Waals surface area contributed by atoms with E-state index in [0.29, 0.717) is 24.3 Å². The van der Waals surface area contributed by atoms with Crippen molar-refractivity contribution in [1.29, 1.82) is 0 Å². The third-order valence-corrected chi connectivity index (χ3v) is 6.27. The van der Waals surface area contributed by atoms with E-state index in [1.807, 2.05) is 35.2 Å². The van der Waals surface area contributed by atoms with Gasteiger partial charge in [0.15, 0.2) is 0 Å². The number of piperazine rings is 1. The minimum Gasteiger partial charge on any atom is -0.491 e. The van der Waals surface area contributed by atoms with Gasteiger partial charge in [-0.05, 0) is 69.0 Å². The Balaban J connectivity index is 0.00000306. The first kappa shape index (κ1) is 30.8. The monoisotopic (exact) mass is 523 g/mol. The number of ether oxygens (including phenoxy) is 1. The molecule has 3 rings (SSSR count). The largest absolute Gasteiger partial charge is 0.491 e. The van der Waals surface area contributed by atoms with Crippen molar-refractivity contribution >= 4 is 42.3 Å². The molecule has 6 nitrogen and oxygen atoms in total. The van der Waals surface area contributed by atoms with E-state index in [1.165, 1.54) is 0 Å². The maximum absolute atomic E-state index is 12.7. The van der Waals surface area contributed by atoms with Crippen LogP contribution in [0.4, 0.5) is 5.69 Å². The van der Waals surface area contributed by atoms with Crippen molar-refractivity contribution < 1.29 is 14.3 Å². The van der Waals surface area contributed by atoms with Crippen LogP contribution in [0.3, 0.4) is 0 Å². The highest BCUT2D eigenvalue weighted by atomic mass is 35.5. The average Bonchev–Trinajstić information content (AvgIpc) is 2.83. The van der Waals surface area contributed by atoms with Crippen LogP contribution in [-0.2, 0) is 11.2 Å². The summed E-state index contributed by atoms with van der Waals surface area (Å²) in [5.41, 5.74) is 3.60. The number of aryl methyl sites for hydroxylation is 1. The molecule has 1 fully saturated rings. The lowest BCUT2D eigenvalue weighted by atomic mass is 10.0. The second-order valence-corrected chi connectivity index (χ2v) is 8.75. The number of hydrogen-bond donors (Lipinski definition) is 1. The molecule has 0 radical (unpaired) electrons. The van der Waals surface area contributed by atoms with E-state index in [1.54, 1.807) is 12.1 Å². The zero-order chi connectivity index (χ0) is 23.6. The number of carbonyl (C=O) groups excluding carboxylic acids is 2. The molecule has 0 aliphatic carbocycles. The summed E-state index contributed by atoms with van der Waals surface area (Å²) in [5.74, 6) is 0.881. The molecule has 1 aliphatic heterocycles. The van der Waals surface area contributed by atoms with Crippen molar-refractivity contribution in [3.8, 4) is 5.75 Å². The lowest BCUT2D eigenvalue weighted by Crippen LogP contribution is -2.47. The third kappa shape index (κ3) is 9.02. The van der Waals surface area contributed by atoms with Gasteiger partial charge in [0.1, 0.15) is 5.75 Å². The number of halogens is 2. The van der Waals surface area contributed by atoms with Crippen LogP contribution < -0.4 is 10.1 Å². The number of amides is 2. The normalized spacial score (nSPS) is 13.4. The van der Waals surface area contributed by atoms with Gasteiger partial charge in [-0.3, -0.25) is 9.59 Å². The summed E-state index contributed by atoms with van der Waals surface area (Å²) >= 11 is 0. The van der Waals surface area contributed by atoms with Crippen molar-refractivity contribution in [2.45, 2.75) is 46.0 Å². The summed E-state index contributed by atoms with van der Waals surface area (Å²) in [5, 5.41) is 3.02. The van der Waals surface area contributed by atoms with E-state index in [-0.39, 0.29) is 36.6 Å². The van der Waals surface area contributed by atoms with Crippen molar-refractivity contribution in [3.63, 3.8) is 0 Å². The van der Waals surface area contributed by atoms with Gasteiger partial charge in [-0.2, -0.15) is 0 Å². The molecule has 1 N–H and O–H groups in total. The Kier molecular flexibility index (Phi) is 13.8. The molecule has 194 valence electrons. The van der Waals surface area contributed by atoms with Crippen molar-refractivity contribution in [3.05, 3.63) is 59.2 Å². The highest BCUT2D eigenvalue weighted by molar-refractivity contribution is 6.05. The number of unbranched alkanes of at least 4 members (excludes halogenated alkanes) is 2. The number of carbonyl (C=O) groups is 2. The molecular weight excluding hydrogens is 485 g/mol. The Morgan fingerprint density at radius 2 is 1.63 bits per heavy atom. The molecule has 0 saturated carbocycles. The molecule has 0 aromatic heterocycles. The Morgan fingerprint density at radius 3 is 2.29 bits per heavy atom. The molecule has 1 saturated heterocycles. The fourth-order valence-corrected chi connectivity index (χ4v) is 4.16. The Hall–Kier alpha value is -2.28. The summed E-state index contributed by atoms with van der Waals surface area (Å²) in [6, 6.07) is 13.1. The first-order chi connectivity index (χ1) is 16.0. The summed E-state index contributed by atoms with van der Waals surface area (Å²) < 4.78 is 6.20. The zero-order valence-corrected chi connectivity index (χ0v) is 22.7. The molecule has 2 aromatic rings. The first-order valence-electron chi connectivity index (χ1n) is 12.1. The van der Waals surface area contributed by atoms with Crippen LogP contribution in [0.1, 0.15) is 54.1 Å². The van der Waals surface area contributed by atoms with Gasteiger partial charge >= 0.3 is 0 Å². The van der Waals surface area contributed by atoms with Crippen LogP contribution in [0.15, 0.2) is 42.5 Å². The topological polar surface area (TPSA) is 61.9 Å².